The highest BCUT2D eigenvalue weighted by molar-refractivity contribution is 7.62. The van der Waals surface area contributed by atoms with E-state index in [1.54, 1.807) is 15.6 Å². The summed E-state index contributed by atoms with van der Waals surface area (Å²) < 4.78 is 2.46. The van der Waals surface area contributed by atoms with Gasteiger partial charge in [0.05, 0.1) is 10.8 Å². The van der Waals surface area contributed by atoms with Crippen LogP contribution in [0.25, 0.3) is 49.0 Å². The first-order valence-corrected chi connectivity index (χ1v) is 13.9. The maximum Gasteiger partial charge on any atom is 0.0699 e. The zero-order valence-electron chi connectivity index (χ0n) is 20.4. The van der Waals surface area contributed by atoms with Gasteiger partial charge < -0.3 is 4.40 Å². The van der Waals surface area contributed by atoms with Gasteiger partial charge in [-0.3, -0.25) is 0 Å². The van der Waals surface area contributed by atoms with E-state index in [1.165, 1.54) is 49.2 Å². The van der Waals surface area contributed by atoms with E-state index < -0.39 is 7.34 Å². The highest BCUT2D eigenvalue weighted by Crippen LogP contribution is 2.53. The number of nitrogens with zero attached hydrogens (tertiary/aromatic N) is 1. The van der Waals surface area contributed by atoms with E-state index in [0.29, 0.717) is 0 Å². The van der Waals surface area contributed by atoms with Crippen molar-refractivity contribution in [2.45, 2.75) is 52.4 Å². The summed E-state index contributed by atoms with van der Waals surface area (Å²) in [5.74, 6) is 0. The Morgan fingerprint density at radius 1 is 0.912 bits per heavy atom. The maximum absolute atomic E-state index is 2.51. The zero-order valence-corrected chi connectivity index (χ0v) is 21.3. The summed E-state index contributed by atoms with van der Waals surface area (Å²) in [6.45, 7) is 9.26. The molecule has 3 aromatic carbocycles. The van der Waals surface area contributed by atoms with Crippen molar-refractivity contribution in [2.24, 2.45) is 0 Å². The lowest BCUT2D eigenvalue weighted by atomic mass is 9.83. The summed E-state index contributed by atoms with van der Waals surface area (Å²) in [5, 5.41) is 9.12. The van der Waals surface area contributed by atoms with E-state index in [1.807, 2.05) is 0 Å². The van der Waals surface area contributed by atoms with Crippen LogP contribution >= 0.6 is 7.34 Å². The Bertz CT molecular complexity index is 1820. The van der Waals surface area contributed by atoms with Crippen molar-refractivity contribution in [3.63, 3.8) is 0 Å². The molecule has 0 radical (unpaired) electrons. The van der Waals surface area contributed by atoms with Crippen LogP contribution in [0, 0.1) is 0 Å². The summed E-state index contributed by atoms with van der Waals surface area (Å²) in [4.78, 5) is 0. The van der Waals surface area contributed by atoms with E-state index in [9.17, 15) is 0 Å². The largest absolute Gasteiger partial charge is 0.312 e. The fraction of sp³-hybridized carbons (Fsp3) is 0.250. The fourth-order valence-electron chi connectivity index (χ4n) is 6.19. The normalized spacial score (nSPS) is 14.5. The molecule has 34 heavy (non-hydrogen) atoms. The Morgan fingerprint density at radius 3 is 2.62 bits per heavy atom. The fourth-order valence-corrected chi connectivity index (χ4v) is 9.27. The molecule has 0 bridgehead atoms. The Balaban J connectivity index is 1.75. The molecule has 0 spiro atoms. The molecule has 1 unspecified atom stereocenters. The molecule has 1 aliphatic carbocycles. The summed E-state index contributed by atoms with van der Waals surface area (Å²) >= 11 is 0. The number of hydrogen-bond donors (Lipinski definition) is 0. The smallest absolute Gasteiger partial charge is 0.0699 e. The van der Waals surface area contributed by atoms with Gasteiger partial charge in [-0.25, -0.2) is 0 Å². The van der Waals surface area contributed by atoms with Crippen molar-refractivity contribution in [1.29, 1.82) is 0 Å². The quantitative estimate of drug-likeness (QED) is 0.228. The molecule has 0 saturated carbocycles. The van der Waals surface area contributed by atoms with Gasteiger partial charge in [-0.05, 0) is 86.7 Å². The second-order valence-electron chi connectivity index (χ2n) is 10.9. The average molecular weight is 460 g/mol. The standard InChI is InChI=1S/C32H30NP/c1-5-20-14-16-22(32(2,3)4)19-26(20)25-12-7-11-24-23-10-6-9-21-15-17-27-31(29(21)23)34(30(24)25)28-13-8-18-33(27)28/h7-8,10-19H,5-6,9H2,1-4H3. The van der Waals surface area contributed by atoms with Crippen LogP contribution in [0.1, 0.15) is 50.8 Å². The molecule has 0 amide bonds. The monoisotopic (exact) mass is 459 g/mol. The second kappa shape index (κ2) is 7.00. The van der Waals surface area contributed by atoms with E-state index >= 15 is 0 Å². The summed E-state index contributed by atoms with van der Waals surface area (Å²) in [7, 11) is -0.579. The lowest BCUT2D eigenvalue weighted by Gasteiger charge is -2.22. The van der Waals surface area contributed by atoms with Gasteiger partial charge in [-0.15, -0.1) is 0 Å². The minimum absolute atomic E-state index is 0.129. The van der Waals surface area contributed by atoms with E-state index in [0.717, 1.165) is 19.3 Å². The SMILES string of the molecule is CCc1ccc(C(C)(C)C)cc1-c1cccc2c3c4c(ccc5c4p(c12)c1cccn51)CCC=3. The molecule has 0 fully saturated rings. The van der Waals surface area contributed by atoms with Gasteiger partial charge in [0, 0.05) is 16.4 Å². The van der Waals surface area contributed by atoms with Crippen molar-refractivity contribution in [1.82, 2.24) is 4.40 Å². The first-order chi connectivity index (χ1) is 16.5. The second-order valence-corrected chi connectivity index (χ2v) is 12.9. The number of fused-ring (bicyclic) bond motifs is 6. The van der Waals surface area contributed by atoms with Crippen LogP contribution in [0.5, 0.6) is 0 Å². The molecule has 7 rings (SSSR count). The Labute approximate surface area is 201 Å². The minimum atomic E-state index is -0.579. The van der Waals surface area contributed by atoms with Gasteiger partial charge in [0.15, 0.2) is 0 Å². The van der Waals surface area contributed by atoms with Crippen LogP contribution in [0.4, 0.5) is 0 Å². The molecule has 6 aromatic rings. The van der Waals surface area contributed by atoms with Crippen LogP contribution in [0.15, 0.2) is 66.9 Å². The number of hydrogen-bond acceptors (Lipinski definition) is 0. The van der Waals surface area contributed by atoms with Gasteiger partial charge in [0.1, 0.15) is 0 Å². The van der Waals surface area contributed by atoms with Gasteiger partial charge in [-0.2, -0.15) is 0 Å². The van der Waals surface area contributed by atoms with Crippen LogP contribution < -0.4 is 5.22 Å². The van der Waals surface area contributed by atoms with E-state index in [-0.39, 0.29) is 5.41 Å². The molecular formula is C32H30NP. The van der Waals surface area contributed by atoms with Gasteiger partial charge in [0.2, 0.25) is 0 Å². The molecule has 1 atom stereocenters. The number of benzene rings is 3. The van der Waals surface area contributed by atoms with Crippen molar-refractivity contribution in [3.8, 4) is 11.1 Å². The third-order valence-corrected chi connectivity index (χ3v) is 10.6. The average Bonchev–Trinajstić information content (AvgIpc) is 3.43. The highest BCUT2D eigenvalue weighted by atomic mass is 31.1. The molecule has 0 N–H and O–H groups in total. The van der Waals surface area contributed by atoms with Gasteiger partial charge >= 0.3 is 0 Å². The summed E-state index contributed by atoms with van der Waals surface area (Å²) in [6, 6.07) is 23.6. The lowest BCUT2D eigenvalue weighted by molar-refractivity contribution is 0.590. The summed E-state index contributed by atoms with van der Waals surface area (Å²) in [6.07, 6.45) is 8.12. The molecule has 168 valence electrons. The van der Waals surface area contributed by atoms with Crippen molar-refractivity contribution in [2.75, 3.05) is 0 Å². The third-order valence-electron chi connectivity index (χ3n) is 7.91. The predicted octanol–water partition coefficient (Wildman–Crippen LogP) is 8.66. The van der Waals surface area contributed by atoms with E-state index in [2.05, 4.69) is 105 Å². The van der Waals surface area contributed by atoms with Crippen molar-refractivity contribution >= 4 is 45.2 Å². The summed E-state index contributed by atoms with van der Waals surface area (Å²) in [5.41, 5.74) is 8.79. The topological polar surface area (TPSA) is 4.41 Å². The maximum atomic E-state index is 2.51. The molecule has 3 heterocycles. The molecule has 3 aromatic heterocycles. The van der Waals surface area contributed by atoms with Crippen LogP contribution in [0.3, 0.4) is 0 Å². The highest BCUT2D eigenvalue weighted by Gasteiger charge is 2.23. The van der Waals surface area contributed by atoms with Crippen molar-refractivity contribution < 1.29 is 0 Å². The molecule has 2 heteroatoms. The van der Waals surface area contributed by atoms with Gasteiger partial charge in [-0.1, -0.05) is 83.6 Å². The van der Waals surface area contributed by atoms with Crippen LogP contribution in [-0.4, -0.2) is 4.40 Å². The van der Waals surface area contributed by atoms with E-state index in [4.69, 9.17) is 0 Å². The Morgan fingerprint density at radius 2 is 1.79 bits per heavy atom. The van der Waals surface area contributed by atoms with Gasteiger partial charge in [0.25, 0.3) is 0 Å². The Hall–Kier alpha value is -3.02. The third kappa shape index (κ3) is 2.62. The molecule has 1 aliphatic rings. The first kappa shape index (κ1) is 20.4. The number of aromatic nitrogens is 1. The van der Waals surface area contributed by atoms with Crippen molar-refractivity contribution in [3.05, 3.63) is 88.8 Å². The first-order valence-electron chi connectivity index (χ1n) is 12.6. The minimum Gasteiger partial charge on any atom is -0.312 e. The number of rotatable bonds is 2. The predicted molar refractivity (Wildman–Crippen MR) is 150 cm³/mol. The number of aryl methyl sites for hydroxylation is 2. The molecule has 0 saturated heterocycles. The van der Waals surface area contributed by atoms with Crippen LogP contribution in [-0.2, 0) is 18.3 Å². The Kier molecular flexibility index (Phi) is 4.19. The molecular weight excluding hydrogens is 429 g/mol. The van der Waals surface area contributed by atoms with Crippen LogP contribution in [0.2, 0.25) is 0 Å². The molecule has 0 aliphatic heterocycles. The molecule has 1 nitrogen and oxygen atoms in total. The zero-order chi connectivity index (χ0) is 23.2. The lowest BCUT2D eigenvalue weighted by Crippen LogP contribution is -2.12.